The van der Waals surface area contributed by atoms with Crippen molar-refractivity contribution in [3.05, 3.63) is 18.0 Å². The summed E-state index contributed by atoms with van der Waals surface area (Å²) in [5, 5.41) is 3.94. The van der Waals surface area contributed by atoms with E-state index < -0.39 is 0 Å². The summed E-state index contributed by atoms with van der Waals surface area (Å²) in [5.41, 5.74) is 0.927. The zero-order chi connectivity index (χ0) is 16.9. The van der Waals surface area contributed by atoms with Gasteiger partial charge in [0.1, 0.15) is 6.26 Å². The number of piperazine rings is 1. The Bertz CT molecular complexity index is 552. The van der Waals surface area contributed by atoms with E-state index in [-0.39, 0.29) is 17.7 Å². The maximum absolute atomic E-state index is 12.8. The minimum atomic E-state index is -0.0312. The Morgan fingerprint density at radius 2 is 2.00 bits per heavy atom. The molecule has 2 amide bonds. The molecule has 0 spiro atoms. The maximum Gasteiger partial charge on any atom is 0.227 e. The first kappa shape index (κ1) is 17.0. The molecule has 0 bridgehead atoms. The van der Waals surface area contributed by atoms with Crippen LogP contribution in [0.25, 0.3) is 0 Å². The van der Waals surface area contributed by atoms with E-state index in [9.17, 15) is 9.59 Å². The predicted octanol–water partition coefficient (Wildman–Crippen LogP) is 0.967. The number of rotatable bonds is 4. The normalized spacial score (nSPS) is 22.6. The van der Waals surface area contributed by atoms with Gasteiger partial charge in [-0.2, -0.15) is 0 Å². The zero-order valence-electron chi connectivity index (χ0n) is 14.3. The van der Waals surface area contributed by atoms with Gasteiger partial charge in [0, 0.05) is 58.3 Å². The Labute approximate surface area is 142 Å². The lowest BCUT2D eigenvalue weighted by molar-refractivity contribution is -0.142. The predicted molar refractivity (Wildman–Crippen MR) is 88.0 cm³/mol. The van der Waals surface area contributed by atoms with Crippen LogP contribution in [0.1, 0.15) is 31.9 Å². The van der Waals surface area contributed by atoms with Gasteiger partial charge in [-0.25, -0.2) is 0 Å². The van der Waals surface area contributed by atoms with Crippen LogP contribution >= 0.6 is 0 Å². The Hall–Kier alpha value is -1.89. The molecule has 0 aliphatic carbocycles. The number of carbonyl (C=O) groups excluding carboxylic acids is 2. The van der Waals surface area contributed by atoms with E-state index in [1.165, 1.54) is 0 Å². The molecule has 2 fully saturated rings. The van der Waals surface area contributed by atoms with Gasteiger partial charge >= 0.3 is 0 Å². The molecule has 2 aliphatic rings. The Kier molecular flexibility index (Phi) is 5.50. The molecule has 0 radical (unpaired) electrons. The summed E-state index contributed by atoms with van der Waals surface area (Å²) in [5.74, 6) is 0.339. The van der Waals surface area contributed by atoms with Crippen LogP contribution in [0.3, 0.4) is 0 Å². The molecule has 0 N–H and O–H groups in total. The van der Waals surface area contributed by atoms with E-state index in [1.54, 1.807) is 6.26 Å². The third-order valence-electron chi connectivity index (χ3n) is 4.99. The first-order valence-corrected chi connectivity index (χ1v) is 8.85. The highest BCUT2D eigenvalue weighted by Gasteiger charge is 2.32. The third-order valence-corrected chi connectivity index (χ3v) is 4.99. The SMILES string of the molecule is CCC(=O)N1CCC[C@H](C(=O)N2CCN(Cc3ccon3)CC2)C1. The fraction of sp³-hybridized carbons (Fsp3) is 0.706. The Balaban J connectivity index is 1.48. The van der Waals surface area contributed by atoms with Crippen molar-refractivity contribution in [1.29, 1.82) is 0 Å². The van der Waals surface area contributed by atoms with Gasteiger partial charge in [0.2, 0.25) is 11.8 Å². The highest BCUT2D eigenvalue weighted by atomic mass is 16.5. The van der Waals surface area contributed by atoms with E-state index in [2.05, 4.69) is 10.1 Å². The number of aromatic nitrogens is 1. The van der Waals surface area contributed by atoms with Crippen LogP contribution < -0.4 is 0 Å². The van der Waals surface area contributed by atoms with E-state index in [1.807, 2.05) is 22.8 Å². The highest BCUT2D eigenvalue weighted by Crippen LogP contribution is 2.20. The molecule has 1 aromatic rings. The largest absolute Gasteiger partial charge is 0.364 e. The van der Waals surface area contributed by atoms with Crippen molar-refractivity contribution in [2.24, 2.45) is 5.92 Å². The molecule has 7 nitrogen and oxygen atoms in total. The Morgan fingerprint density at radius 3 is 2.67 bits per heavy atom. The molecule has 132 valence electrons. The lowest BCUT2D eigenvalue weighted by atomic mass is 9.96. The van der Waals surface area contributed by atoms with Gasteiger partial charge in [-0.1, -0.05) is 12.1 Å². The number of hydrogen-bond donors (Lipinski definition) is 0. The third kappa shape index (κ3) is 3.95. The fourth-order valence-corrected chi connectivity index (χ4v) is 3.56. The fourth-order valence-electron chi connectivity index (χ4n) is 3.56. The molecule has 0 unspecified atom stereocenters. The molecule has 2 saturated heterocycles. The van der Waals surface area contributed by atoms with Crippen molar-refractivity contribution in [3.63, 3.8) is 0 Å². The summed E-state index contributed by atoms with van der Waals surface area (Å²) in [6, 6.07) is 1.87. The number of nitrogens with zero attached hydrogens (tertiary/aromatic N) is 4. The number of hydrogen-bond acceptors (Lipinski definition) is 5. The van der Waals surface area contributed by atoms with Gasteiger partial charge in [-0.3, -0.25) is 14.5 Å². The summed E-state index contributed by atoms with van der Waals surface area (Å²) in [4.78, 5) is 30.8. The molecule has 0 aromatic carbocycles. The summed E-state index contributed by atoms with van der Waals surface area (Å²) in [6.07, 6.45) is 3.92. The van der Waals surface area contributed by atoms with Crippen LogP contribution in [0, 0.1) is 5.92 Å². The molecule has 2 aliphatic heterocycles. The molecule has 24 heavy (non-hydrogen) atoms. The molecular weight excluding hydrogens is 308 g/mol. The average Bonchev–Trinajstić information content (AvgIpc) is 3.14. The summed E-state index contributed by atoms with van der Waals surface area (Å²) in [6.45, 7) is 7.21. The molecule has 1 aromatic heterocycles. The number of piperidine rings is 1. The number of amides is 2. The van der Waals surface area contributed by atoms with Gasteiger partial charge in [-0.05, 0) is 12.8 Å². The van der Waals surface area contributed by atoms with Crippen LogP contribution in [0.2, 0.25) is 0 Å². The molecule has 1 atom stereocenters. The lowest BCUT2D eigenvalue weighted by Gasteiger charge is -2.38. The van der Waals surface area contributed by atoms with E-state index in [0.717, 1.165) is 57.8 Å². The highest BCUT2D eigenvalue weighted by molar-refractivity contribution is 5.81. The van der Waals surface area contributed by atoms with Gasteiger partial charge in [-0.15, -0.1) is 0 Å². The maximum atomic E-state index is 12.8. The molecule has 0 saturated carbocycles. The van der Waals surface area contributed by atoms with Crippen LogP contribution in [-0.4, -0.2) is 70.9 Å². The van der Waals surface area contributed by atoms with Crippen molar-refractivity contribution < 1.29 is 14.1 Å². The van der Waals surface area contributed by atoms with Crippen LogP contribution in [0.15, 0.2) is 16.9 Å². The van der Waals surface area contributed by atoms with Crippen molar-refractivity contribution in [1.82, 2.24) is 19.9 Å². The minimum absolute atomic E-state index is 0.0312. The first-order valence-electron chi connectivity index (χ1n) is 8.85. The van der Waals surface area contributed by atoms with Crippen molar-refractivity contribution in [2.75, 3.05) is 39.3 Å². The molecule has 7 heteroatoms. The zero-order valence-corrected chi connectivity index (χ0v) is 14.3. The quantitative estimate of drug-likeness (QED) is 0.820. The minimum Gasteiger partial charge on any atom is -0.364 e. The summed E-state index contributed by atoms with van der Waals surface area (Å²) < 4.78 is 4.86. The second-order valence-corrected chi connectivity index (χ2v) is 6.62. The standard InChI is InChI=1S/C17H26N4O3/c1-2-16(22)21-6-3-4-14(12-21)17(23)20-9-7-19(8-10-20)13-15-5-11-24-18-15/h5,11,14H,2-4,6-10,12-13H2,1H3/t14-/m0/s1. The molecule has 3 heterocycles. The monoisotopic (exact) mass is 334 g/mol. The van der Waals surface area contributed by atoms with E-state index in [4.69, 9.17) is 4.52 Å². The second-order valence-electron chi connectivity index (χ2n) is 6.62. The second kappa shape index (κ2) is 7.79. The summed E-state index contributed by atoms with van der Waals surface area (Å²) in [7, 11) is 0. The first-order chi connectivity index (χ1) is 11.7. The van der Waals surface area contributed by atoms with Crippen LogP contribution in [0.4, 0.5) is 0 Å². The van der Waals surface area contributed by atoms with Gasteiger partial charge < -0.3 is 14.3 Å². The lowest BCUT2D eigenvalue weighted by Crippen LogP contribution is -2.52. The number of carbonyl (C=O) groups is 2. The van der Waals surface area contributed by atoms with Crippen molar-refractivity contribution >= 4 is 11.8 Å². The summed E-state index contributed by atoms with van der Waals surface area (Å²) >= 11 is 0. The van der Waals surface area contributed by atoms with Crippen LogP contribution in [-0.2, 0) is 16.1 Å². The van der Waals surface area contributed by atoms with Gasteiger partial charge in [0.05, 0.1) is 11.6 Å². The topological polar surface area (TPSA) is 69.9 Å². The van der Waals surface area contributed by atoms with Crippen molar-refractivity contribution in [2.45, 2.75) is 32.7 Å². The Morgan fingerprint density at radius 1 is 1.21 bits per heavy atom. The van der Waals surface area contributed by atoms with Gasteiger partial charge in [0.25, 0.3) is 0 Å². The number of likely N-dealkylation sites (tertiary alicyclic amines) is 1. The van der Waals surface area contributed by atoms with Crippen molar-refractivity contribution in [3.8, 4) is 0 Å². The van der Waals surface area contributed by atoms with E-state index >= 15 is 0 Å². The molecular formula is C17H26N4O3. The average molecular weight is 334 g/mol. The molecule has 3 rings (SSSR count). The van der Waals surface area contributed by atoms with Gasteiger partial charge in [0.15, 0.2) is 0 Å². The van der Waals surface area contributed by atoms with E-state index in [0.29, 0.717) is 13.0 Å². The smallest absolute Gasteiger partial charge is 0.227 e. The van der Waals surface area contributed by atoms with Crippen LogP contribution in [0.5, 0.6) is 0 Å².